The Morgan fingerprint density at radius 2 is 1.67 bits per heavy atom. The van der Waals surface area contributed by atoms with Gasteiger partial charge in [-0.25, -0.2) is 0 Å². The van der Waals surface area contributed by atoms with E-state index >= 15 is 0 Å². The summed E-state index contributed by atoms with van der Waals surface area (Å²) >= 11 is 0. The third-order valence-corrected chi connectivity index (χ3v) is 4.09. The number of aromatic nitrogens is 3. The van der Waals surface area contributed by atoms with Crippen molar-refractivity contribution in [3.8, 4) is 0 Å². The fourth-order valence-corrected chi connectivity index (χ4v) is 2.80. The SMILES string of the molecule is CNc1nc(N2CCOCC2)nc(N2CCC(C)(C)C2)n1. The lowest BCUT2D eigenvalue weighted by Crippen LogP contribution is -2.38. The van der Waals surface area contributed by atoms with Crippen molar-refractivity contribution in [3.63, 3.8) is 0 Å². The predicted molar refractivity (Wildman–Crippen MR) is 83.0 cm³/mol. The number of nitrogens with zero attached hydrogens (tertiary/aromatic N) is 5. The Kier molecular flexibility index (Phi) is 3.84. The Labute approximate surface area is 125 Å². The molecule has 1 N–H and O–H groups in total. The molecule has 0 spiro atoms. The summed E-state index contributed by atoms with van der Waals surface area (Å²) in [4.78, 5) is 18.1. The van der Waals surface area contributed by atoms with Crippen LogP contribution in [0.2, 0.25) is 0 Å². The second-order valence-corrected chi connectivity index (χ2v) is 6.44. The molecule has 2 saturated heterocycles. The summed E-state index contributed by atoms with van der Waals surface area (Å²) in [6, 6.07) is 0. The fraction of sp³-hybridized carbons (Fsp3) is 0.786. The molecule has 2 aliphatic rings. The van der Waals surface area contributed by atoms with Crippen LogP contribution >= 0.6 is 0 Å². The highest BCUT2D eigenvalue weighted by Gasteiger charge is 2.31. The van der Waals surface area contributed by atoms with Gasteiger partial charge in [-0.2, -0.15) is 15.0 Å². The Morgan fingerprint density at radius 1 is 1.00 bits per heavy atom. The van der Waals surface area contributed by atoms with Gasteiger partial charge in [0.15, 0.2) is 0 Å². The molecule has 1 aromatic heterocycles. The molecule has 0 amide bonds. The molecule has 0 unspecified atom stereocenters. The van der Waals surface area contributed by atoms with E-state index < -0.39 is 0 Å². The van der Waals surface area contributed by atoms with Crippen LogP contribution in [0.3, 0.4) is 0 Å². The molecule has 2 aliphatic heterocycles. The minimum atomic E-state index is 0.325. The predicted octanol–water partition coefficient (Wildman–Crippen LogP) is 0.986. The van der Waals surface area contributed by atoms with Gasteiger partial charge in [-0.3, -0.25) is 0 Å². The van der Waals surface area contributed by atoms with Gasteiger partial charge in [-0.15, -0.1) is 0 Å². The van der Waals surface area contributed by atoms with E-state index in [0.29, 0.717) is 11.4 Å². The molecule has 3 rings (SSSR count). The first-order chi connectivity index (χ1) is 10.1. The van der Waals surface area contributed by atoms with Crippen LogP contribution < -0.4 is 15.1 Å². The van der Waals surface area contributed by atoms with E-state index in [1.807, 2.05) is 7.05 Å². The van der Waals surface area contributed by atoms with Gasteiger partial charge in [-0.1, -0.05) is 13.8 Å². The lowest BCUT2D eigenvalue weighted by atomic mass is 9.93. The Bertz CT molecular complexity index is 500. The van der Waals surface area contributed by atoms with Crippen molar-refractivity contribution in [2.75, 3.05) is 61.6 Å². The van der Waals surface area contributed by atoms with Gasteiger partial charge < -0.3 is 19.9 Å². The zero-order valence-electron chi connectivity index (χ0n) is 13.1. The zero-order valence-corrected chi connectivity index (χ0v) is 13.1. The number of morpholine rings is 1. The first-order valence-corrected chi connectivity index (χ1v) is 7.59. The molecular weight excluding hydrogens is 268 g/mol. The summed E-state index contributed by atoms with van der Waals surface area (Å²) < 4.78 is 5.40. The molecule has 21 heavy (non-hydrogen) atoms. The van der Waals surface area contributed by atoms with E-state index in [1.165, 1.54) is 6.42 Å². The summed E-state index contributed by atoms with van der Waals surface area (Å²) in [7, 11) is 1.84. The average molecular weight is 292 g/mol. The maximum absolute atomic E-state index is 5.40. The molecule has 2 fully saturated rings. The van der Waals surface area contributed by atoms with Crippen molar-refractivity contribution in [2.45, 2.75) is 20.3 Å². The van der Waals surface area contributed by atoms with Crippen LogP contribution in [0, 0.1) is 5.41 Å². The highest BCUT2D eigenvalue weighted by Crippen LogP contribution is 2.31. The molecule has 0 aliphatic carbocycles. The molecule has 116 valence electrons. The third-order valence-electron chi connectivity index (χ3n) is 4.09. The van der Waals surface area contributed by atoms with E-state index in [9.17, 15) is 0 Å². The minimum absolute atomic E-state index is 0.325. The molecule has 0 aromatic carbocycles. The van der Waals surface area contributed by atoms with Gasteiger partial charge in [-0.05, 0) is 11.8 Å². The quantitative estimate of drug-likeness (QED) is 0.891. The third kappa shape index (κ3) is 3.18. The highest BCUT2D eigenvalue weighted by atomic mass is 16.5. The zero-order chi connectivity index (χ0) is 14.9. The van der Waals surface area contributed by atoms with Gasteiger partial charge in [0.25, 0.3) is 0 Å². The first kappa shape index (κ1) is 14.3. The number of nitrogens with one attached hydrogen (secondary N) is 1. The van der Waals surface area contributed by atoms with E-state index in [1.54, 1.807) is 0 Å². The molecule has 3 heterocycles. The molecule has 0 atom stereocenters. The highest BCUT2D eigenvalue weighted by molar-refractivity contribution is 5.46. The Morgan fingerprint density at radius 3 is 2.24 bits per heavy atom. The van der Waals surface area contributed by atoms with E-state index in [4.69, 9.17) is 4.74 Å². The summed E-state index contributed by atoms with van der Waals surface area (Å²) in [6.45, 7) is 9.69. The molecule has 0 radical (unpaired) electrons. The maximum Gasteiger partial charge on any atom is 0.232 e. The van der Waals surface area contributed by atoms with Gasteiger partial charge in [0, 0.05) is 33.2 Å². The van der Waals surface area contributed by atoms with Crippen molar-refractivity contribution in [1.29, 1.82) is 0 Å². The van der Waals surface area contributed by atoms with E-state index in [0.717, 1.165) is 51.3 Å². The van der Waals surface area contributed by atoms with E-state index in [-0.39, 0.29) is 0 Å². The van der Waals surface area contributed by atoms with Gasteiger partial charge >= 0.3 is 0 Å². The molecule has 0 bridgehead atoms. The summed E-state index contributed by atoms with van der Waals surface area (Å²) in [6.07, 6.45) is 1.17. The molecule has 7 nitrogen and oxygen atoms in total. The number of hydrogen-bond acceptors (Lipinski definition) is 7. The Hall–Kier alpha value is -1.63. The summed E-state index contributed by atoms with van der Waals surface area (Å²) in [5, 5.41) is 3.04. The van der Waals surface area contributed by atoms with Crippen molar-refractivity contribution >= 4 is 17.8 Å². The largest absolute Gasteiger partial charge is 0.378 e. The van der Waals surface area contributed by atoms with Gasteiger partial charge in [0.2, 0.25) is 17.8 Å². The summed E-state index contributed by atoms with van der Waals surface area (Å²) in [5.74, 6) is 2.16. The van der Waals surface area contributed by atoms with Crippen LogP contribution in [0.1, 0.15) is 20.3 Å². The maximum atomic E-state index is 5.40. The standard InChI is InChI=1S/C14H24N6O/c1-14(2)4-5-20(10-14)13-17-11(15-3)16-12(18-13)19-6-8-21-9-7-19/h4-10H2,1-3H3,(H,15,16,17,18). The average Bonchev–Trinajstić information content (AvgIpc) is 2.88. The molecular formula is C14H24N6O. The number of ether oxygens (including phenoxy) is 1. The lowest BCUT2D eigenvalue weighted by molar-refractivity contribution is 0.122. The van der Waals surface area contributed by atoms with Crippen LogP contribution in [0.25, 0.3) is 0 Å². The normalized spacial score (nSPS) is 21.7. The van der Waals surface area contributed by atoms with Crippen molar-refractivity contribution in [1.82, 2.24) is 15.0 Å². The molecule has 1 aromatic rings. The van der Waals surface area contributed by atoms with E-state index in [2.05, 4.69) is 43.9 Å². The van der Waals surface area contributed by atoms with Crippen molar-refractivity contribution in [2.24, 2.45) is 5.41 Å². The Balaban J connectivity index is 1.86. The van der Waals surface area contributed by atoms with Crippen molar-refractivity contribution in [3.05, 3.63) is 0 Å². The van der Waals surface area contributed by atoms with Crippen LogP contribution in [0.4, 0.5) is 17.8 Å². The topological polar surface area (TPSA) is 66.4 Å². The van der Waals surface area contributed by atoms with Crippen molar-refractivity contribution < 1.29 is 4.74 Å². The minimum Gasteiger partial charge on any atom is -0.378 e. The van der Waals surface area contributed by atoms with Gasteiger partial charge in [0.1, 0.15) is 0 Å². The second-order valence-electron chi connectivity index (χ2n) is 6.44. The second kappa shape index (κ2) is 5.63. The van der Waals surface area contributed by atoms with Crippen LogP contribution in [0.15, 0.2) is 0 Å². The number of rotatable bonds is 3. The van der Waals surface area contributed by atoms with Crippen LogP contribution in [-0.2, 0) is 4.74 Å². The summed E-state index contributed by atoms with van der Waals surface area (Å²) in [5.41, 5.74) is 0.325. The number of hydrogen-bond donors (Lipinski definition) is 1. The lowest BCUT2D eigenvalue weighted by Gasteiger charge is -2.28. The molecule has 7 heteroatoms. The molecule has 0 saturated carbocycles. The smallest absolute Gasteiger partial charge is 0.232 e. The fourth-order valence-electron chi connectivity index (χ4n) is 2.80. The van der Waals surface area contributed by atoms with Crippen LogP contribution in [0.5, 0.6) is 0 Å². The first-order valence-electron chi connectivity index (χ1n) is 7.59. The van der Waals surface area contributed by atoms with Crippen LogP contribution in [-0.4, -0.2) is 61.4 Å². The van der Waals surface area contributed by atoms with Gasteiger partial charge in [0.05, 0.1) is 13.2 Å². The monoisotopic (exact) mass is 292 g/mol. The number of anilines is 3.